The molecule has 0 aromatic heterocycles. The van der Waals surface area contributed by atoms with Crippen LogP contribution in [0.4, 0.5) is 0 Å². The van der Waals surface area contributed by atoms with Crippen LogP contribution in [-0.2, 0) is 0 Å². The van der Waals surface area contributed by atoms with Gasteiger partial charge in [-0.25, -0.2) is 0 Å². The van der Waals surface area contributed by atoms with E-state index in [0.29, 0.717) is 0 Å². The molecule has 2 N–H and O–H groups in total. The quantitative estimate of drug-likeness (QED) is 0.786. The van der Waals surface area contributed by atoms with Crippen LogP contribution in [0.5, 0.6) is 0 Å². The van der Waals surface area contributed by atoms with Crippen LogP contribution < -0.4 is 5.73 Å². The molecule has 0 radical (unpaired) electrons. The first-order valence-corrected chi connectivity index (χ1v) is 7.34. The Labute approximate surface area is 122 Å². The second-order valence-corrected chi connectivity index (χ2v) is 5.98. The lowest BCUT2D eigenvalue weighted by Gasteiger charge is -2.39. The van der Waals surface area contributed by atoms with Gasteiger partial charge < -0.3 is 5.73 Å². The van der Waals surface area contributed by atoms with Gasteiger partial charge in [0.2, 0.25) is 0 Å². The molecule has 0 aliphatic heterocycles. The summed E-state index contributed by atoms with van der Waals surface area (Å²) in [6, 6.07) is 6.53. The fraction of sp³-hybridized carbons (Fsp3) is 0.368. The average molecular weight is 267 g/mol. The van der Waals surface area contributed by atoms with Gasteiger partial charge in [0.25, 0.3) is 0 Å². The summed E-state index contributed by atoms with van der Waals surface area (Å²) in [5.41, 5.74) is 12.5. The van der Waals surface area contributed by atoms with E-state index in [1.54, 1.807) is 0 Å². The molecule has 106 valence electrons. The minimum atomic E-state index is -0.0635. The molecule has 2 rings (SSSR count). The van der Waals surface area contributed by atoms with Gasteiger partial charge in [-0.1, -0.05) is 48.6 Å². The molecule has 0 heterocycles. The zero-order valence-electron chi connectivity index (χ0n) is 12.9. The smallest absolute Gasteiger partial charge is 0.0369 e. The lowest BCUT2D eigenvalue weighted by atomic mass is 9.72. The third kappa shape index (κ3) is 2.94. The van der Waals surface area contributed by atoms with E-state index >= 15 is 0 Å². The minimum absolute atomic E-state index is 0.0635. The monoisotopic (exact) mass is 267 g/mol. The number of allylic oxidation sites excluding steroid dienone is 4. The van der Waals surface area contributed by atoms with Gasteiger partial charge >= 0.3 is 0 Å². The van der Waals surface area contributed by atoms with Crippen molar-refractivity contribution in [3.05, 3.63) is 65.3 Å². The van der Waals surface area contributed by atoms with Gasteiger partial charge in [-0.3, -0.25) is 0 Å². The van der Waals surface area contributed by atoms with Crippen molar-refractivity contribution >= 4 is 5.57 Å². The third-order valence-electron chi connectivity index (χ3n) is 4.60. The maximum atomic E-state index is 6.33. The van der Waals surface area contributed by atoms with E-state index in [2.05, 4.69) is 57.7 Å². The molecule has 0 unspecified atom stereocenters. The van der Waals surface area contributed by atoms with E-state index in [0.717, 1.165) is 18.4 Å². The molecule has 1 saturated carbocycles. The van der Waals surface area contributed by atoms with Crippen LogP contribution in [-0.4, -0.2) is 5.54 Å². The molecular weight excluding hydrogens is 242 g/mol. The normalized spacial score (nSPS) is 18.6. The maximum absolute atomic E-state index is 6.33. The summed E-state index contributed by atoms with van der Waals surface area (Å²) in [5, 5.41) is 0. The van der Waals surface area contributed by atoms with E-state index < -0.39 is 0 Å². The zero-order chi connectivity index (χ0) is 14.8. The van der Waals surface area contributed by atoms with Crippen molar-refractivity contribution in [2.45, 2.75) is 45.6 Å². The molecule has 1 nitrogen and oxygen atoms in total. The van der Waals surface area contributed by atoms with Gasteiger partial charge in [0, 0.05) is 5.54 Å². The van der Waals surface area contributed by atoms with E-state index in [4.69, 9.17) is 5.73 Å². The SMILES string of the molecule is C=C/C(=C\C=C(/C)C1(N)CCC1)c1ccc(C)c(C)c1. The Bertz CT molecular complexity index is 571. The number of hydrogen-bond donors (Lipinski definition) is 1. The number of nitrogens with two attached hydrogens (primary N) is 1. The predicted molar refractivity (Wildman–Crippen MR) is 88.6 cm³/mol. The Morgan fingerprint density at radius 3 is 2.40 bits per heavy atom. The molecule has 1 aliphatic carbocycles. The van der Waals surface area contributed by atoms with Crippen LogP contribution in [0.15, 0.2) is 48.6 Å². The van der Waals surface area contributed by atoms with Gasteiger partial charge in [0.1, 0.15) is 0 Å². The summed E-state index contributed by atoms with van der Waals surface area (Å²) in [4.78, 5) is 0. The molecule has 1 aliphatic rings. The van der Waals surface area contributed by atoms with Crippen LogP contribution in [0, 0.1) is 13.8 Å². The first-order chi connectivity index (χ1) is 9.46. The van der Waals surface area contributed by atoms with E-state index in [9.17, 15) is 0 Å². The second-order valence-electron chi connectivity index (χ2n) is 5.98. The lowest BCUT2D eigenvalue weighted by molar-refractivity contribution is 0.298. The molecule has 1 fully saturated rings. The highest BCUT2D eigenvalue weighted by atomic mass is 14.8. The van der Waals surface area contributed by atoms with Gasteiger partial charge in [-0.2, -0.15) is 0 Å². The third-order valence-corrected chi connectivity index (χ3v) is 4.60. The lowest BCUT2D eigenvalue weighted by Crippen LogP contribution is -2.47. The number of hydrogen-bond acceptors (Lipinski definition) is 1. The van der Waals surface area contributed by atoms with Gasteiger partial charge in [-0.15, -0.1) is 0 Å². The van der Waals surface area contributed by atoms with E-state index in [1.165, 1.54) is 28.7 Å². The van der Waals surface area contributed by atoms with E-state index in [1.807, 2.05) is 6.08 Å². The highest BCUT2D eigenvalue weighted by Crippen LogP contribution is 2.35. The Hall–Kier alpha value is -1.60. The Morgan fingerprint density at radius 2 is 1.90 bits per heavy atom. The molecule has 0 bridgehead atoms. The highest BCUT2D eigenvalue weighted by molar-refractivity contribution is 5.75. The van der Waals surface area contributed by atoms with Crippen molar-refractivity contribution in [2.75, 3.05) is 0 Å². The van der Waals surface area contributed by atoms with Gasteiger partial charge in [0.15, 0.2) is 0 Å². The number of rotatable bonds is 4. The highest BCUT2D eigenvalue weighted by Gasteiger charge is 2.33. The molecule has 0 atom stereocenters. The summed E-state index contributed by atoms with van der Waals surface area (Å²) in [6.45, 7) is 10.3. The largest absolute Gasteiger partial charge is 0.322 e. The van der Waals surface area contributed by atoms with Crippen LogP contribution >= 0.6 is 0 Å². The molecular formula is C19H25N. The standard InChI is InChI=1S/C19H25N/c1-5-17(18-9-7-14(2)15(3)13-18)10-8-16(4)19(20)11-6-12-19/h5,7-10,13H,1,6,11-12,20H2,2-4H3/b16-8+,17-10+. The maximum Gasteiger partial charge on any atom is 0.0369 e. The van der Waals surface area contributed by atoms with Crippen molar-refractivity contribution in [1.29, 1.82) is 0 Å². The van der Waals surface area contributed by atoms with Crippen molar-refractivity contribution < 1.29 is 0 Å². The first-order valence-electron chi connectivity index (χ1n) is 7.34. The first kappa shape index (κ1) is 14.8. The molecule has 1 aromatic carbocycles. The van der Waals surface area contributed by atoms with Crippen LogP contribution in [0.3, 0.4) is 0 Å². The van der Waals surface area contributed by atoms with Crippen LogP contribution in [0.2, 0.25) is 0 Å². The molecule has 1 heteroatoms. The van der Waals surface area contributed by atoms with Gasteiger partial charge in [0.05, 0.1) is 0 Å². The Balaban J connectivity index is 2.27. The van der Waals surface area contributed by atoms with Crippen molar-refractivity contribution in [1.82, 2.24) is 0 Å². The summed E-state index contributed by atoms with van der Waals surface area (Å²) in [5.74, 6) is 0. The summed E-state index contributed by atoms with van der Waals surface area (Å²) >= 11 is 0. The summed E-state index contributed by atoms with van der Waals surface area (Å²) < 4.78 is 0. The molecule has 0 saturated heterocycles. The predicted octanol–water partition coefficient (Wildman–Crippen LogP) is 4.70. The zero-order valence-corrected chi connectivity index (χ0v) is 12.9. The molecule has 0 spiro atoms. The van der Waals surface area contributed by atoms with E-state index in [-0.39, 0.29) is 5.54 Å². The fourth-order valence-corrected chi connectivity index (χ4v) is 2.54. The van der Waals surface area contributed by atoms with Gasteiger partial charge in [-0.05, 0) is 62.3 Å². The topological polar surface area (TPSA) is 26.0 Å². The molecule has 20 heavy (non-hydrogen) atoms. The second kappa shape index (κ2) is 5.80. The van der Waals surface area contributed by atoms with Crippen LogP contribution in [0.1, 0.15) is 42.9 Å². The molecule has 1 aromatic rings. The average Bonchev–Trinajstić information content (AvgIpc) is 2.40. The number of benzene rings is 1. The fourth-order valence-electron chi connectivity index (χ4n) is 2.54. The van der Waals surface area contributed by atoms with Crippen molar-refractivity contribution in [2.24, 2.45) is 5.73 Å². The minimum Gasteiger partial charge on any atom is -0.322 e. The Morgan fingerprint density at radius 1 is 1.20 bits per heavy atom. The van der Waals surface area contributed by atoms with Crippen LogP contribution in [0.25, 0.3) is 5.57 Å². The molecule has 0 amide bonds. The van der Waals surface area contributed by atoms with Crippen molar-refractivity contribution in [3.8, 4) is 0 Å². The summed E-state index contributed by atoms with van der Waals surface area (Å²) in [6.07, 6.45) is 9.67. The Kier molecular flexibility index (Phi) is 4.29. The van der Waals surface area contributed by atoms with Crippen molar-refractivity contribution in [3.63, 3.8) is 0 Å². The number of aryl methyl sites for hydroxylation is 2. The summed E-state index contributed by atoms with van der Waals surface area (Å²) in [7, 11) is 0.